The van der Waals surface area contributed by atoms with Crippen LogP contribution in [0.5, 0.6) is 0 Å². The Kier molecular flexibility index (Phi) is 3.73. The van der Waals surface area contributed by atoms with Crippen molar-refractivity contribution in [2.75, 3.05) is 26.7 Å². The molecule has 0 N–H and O–H groups in total. The largest absolute Gasteiger partial charge is 0.305 e. The summed E-state index contributed by atoms with van der Waals surface area (Å²) in [6, 6.07) is 7.20. The van der Waals surface area contributed by atoms with Gasteiger partial charge in [-0.1, -0.05) is 0 Å². The van der Waals surface area contributed by atoms with Crippen molar-refractivity contribution in [3.05, 3.63) is 35.1 Å². The summed E-state index contributed by atoms with van der Waals surface area (Å²) in [4.78, 5) is 4.80. The smallest absolute Gasteiger partial charge is 0.123 e. The van der Waals surface area contributed by atoms with Crippen molar-refractivity contribution in [3.8, 4) is 6.07 Å². The van der Waals surface area contributed by atoms with Gasteiger partial charge in [-0.25, -0.2) is 4.39 Å². The molecule has 2 fully saturated rings. The Morgan fingerprint density at radius 3 is 2.95 bits per heavy atom. The third-order valence-corrected chi connectivity index (χ3v) is 4.74. The van der Waals surface area contributed by atoms with Gasteiger partial charge in [0.2, 0.25) is 0 Å². The SMILES string of the molecule is CN1CC[C@H]2CCN(Cc3cc(F)ccc3C#N)[C@H]2C1. The normalized spacial score (nSPS) is 27.2. The zero-order chi connectivity index (χ0) is 14.1. The molecule has 0 aromatic heterocycles. The lowest BCUT2D eigenvalue weighted by Crippen LogP contribution is -2.46. The van der Waals surface area contributed by atoms with Crippen LogP contribution in [0.1, 0.15) is 24.0 Å². The fraction of sp³-hybridized carbons (Fsp3) is 0.562. The number of hydrogen-bond donors (Lipinski definition) is 0. The highest BCUT2D eigenvalue weighted by molar-refractivity contribution is 5.37. The van der Waals surface area contributed by atoms with Gasteiger partial charge in [0.1, 0.15) is 5.82 Å². The molecule has 0 amide bonds. The number of halogens is 1. The molecule has 0 radical (unpaired) electrons. The van der Waals surface area contributed by atoms with Gasteiger partial charge in [-0.3, -0.25) is 4.90 Å². The summed E-state index contributed by atoms with van der Waals surface area (Å²) in [5, 5.41) is 9.16. The summed E-state index contributed by atoms with van der Waals surface area (Å²) in [6.07, 6.45) is 2.49. The Balaban J connectivity index is 1.78. The van der Waals surface area contributed by atoms with Crippen LogP contribution in [0.3, 0.4) is 0 Å². The highest BCUT2D eigenvalue weighted by Gasteiger charge is 2.37. The molecule has 3 rings (SSSR count). The van der Waals surface area contributed by atoms with Crippen LogP contribution >= 0.6 is 0 Å². The molecule has 2 saturated heterocycles. The number of hydrogen-bond acceptors (Lipinski definition) is 3. The molecule has 20 heavy (non-hydrogen) atoms. The van der Waals surface area contributed by atoms with E-state index in [0.717, 1.165) is 24.6 Å². The van der Waals surface area contributed by atoms with Crippen LogP contribution in [-0.2, 0) is 6.54 Å². The summed E-state index contributed by atoms with van der Waals surface area (Å²) >= 11 is 0. The molecule has 1 aromatic rings. The van der Waals surface area contributed by atoms with E-state index >= 15 is 0 Å². The number of likely N-dealkylation sites (N-methyl/N-ethyl adjacent to an activating group) is 1. The van der Waals surface area contributed by atoms with Crippen molar-refractivity contribution in [2.45, 2.75) is 25.4 Å². The summed E-state index contributed by atoms with van der Waals surface area (Å²) < 4.78 is 13.4. The highest BCUT2D eigenvalue weighted by atomic mass is 19.1. The van der Waals surface area contributed by atoms with Crippen molar-refractivity contribution in [1.29, 1.82) is 5.26 Å². The predicted octanol–water partition coefficient (Wildman–Crippen LogP) is 2.22. The van der Waals surface area contributed by atoms with Gasteiger partial charge in [0, 0.05) is 19.1 Å². The molecule has 0 unspecified atom stereocenters. The molecule has 2 atom stereocenters. The zero-order valence-electron chi connectivity index (χ0n) is 11.8. The van der Waals surface area contributed by atoms with Crippen LogP contribution < -0.4 is 0 Å². The van der Waals surface area contributed by atoms with E-state index < -0.39 is 0 Å². The summed E-state index contributed by atoms with van der Waals surface area (Å²) in [6.45, 7) is 4.01. The molecular formula is C16H20FN3. The van der Waals surface area contributed by atoms with Crippen LogP contribution in [0.15, 0.2) is 18.2 Å². The number of likely N-dealkylation sites (tertiary alicyclic amines) is 2. The van der Waals surface area contributed by atoms with Gasteiger partial charge in [-0.2, -0.15) is 5.26 Å². The van der Waals surface area contributed by atoms with E-state index in [1.54, 1.807) is 6.07 Å². The minimum absolute atomic E-state index is 0.254. The minimum Gasteiger partial charge on any atom is -0.305 e. The molecule has 106 valence electrons. The second-order valence-corrected chi connectivity index (χ2v) is 6.05. The van der Waals surface area contributed by atoms with Crippen molar-refractivity contribution >= 4 is 0 Å². The monoisotopic (exact) mass is 273 g/mol. The number of piperidine rings is 1. The lowest BCUT2D eigenvalue weighted by Gasteiger charge is -2.36. The molecule has 4 heteroatoms. The second-order valence-electron chi connectivity index (χ2n) is 6.05. The van der Waals surface area contributed by atoms with Crippen molar-refractivity contribution in [1.82, 2.24) is 9.80 Å². The lowest BCUT2D eigenvalue weighted by molar-refractivity contribution is 0.118. The fourth-order valence-corrected chi connectivity index (χ4v) is 3.60. The lowest BCUT2D eigenvalue weighted by atomic mass is 9.92. The Morgan fingerprint density at radius 1 is 1.35 bits per heavy atom. The van der Waals surface area contributed by atoms with Gasteiger partial charge in [0.05, 0.1) is 11.6 Å². The van der Waals surface area contributed by atoms with Gasteiger partial charge in [-0.15, -0.1) is 0 Å². The van der Waals surface area contributed by atoms with E-state index in [2.05, 4.69) is 22.9 Å². The number of nitriles is 1. The molecule has 1 aromatic carbocycles. The Morgan fingerprint density at radius 2 is 2.15 bits per heavy atom. The molecule has 2 aliphatic heterocycles. The molecule has 3 nitrogen and oxygen atoms in total. The van der Waals surface area contributed by atoms with E-state index in [-0.39, 0.29) is 5.82 Å². The number of rotatable bonds is 2. The average Bonchev–Trinajstić information content (AvgIpc) is 2.82. The molecule has 0 aliphatic carbocycles. The molecule has 0 saturated carbocycles. The topological polar surface area (TPSA) is 30.3 Å². The van der Waals surface area contributed by atoms with E-state index in [9.17, 15) is 4.39 Å². The molecule has 2 heterocycles. The van der Waals surface area contributed by atoms with E-state index in [4.69, 9.17) is 5.26 Å². The van der Waals surface area contributed by atoms with Gasteiger partial charge in [0.15, 0.2) is 0 Å². The molecular weight excluding hydrogens is 253 g/mol. The van der Waals surface area contributed by atoms with Gasteiger partial charge in [-0.05, 0) is 62.7 Å². The first kappa shape index (κ1) is 13.5. The van der Waals surface area contributed by atoms with E-state index in [1.807, 2.05) is 0 Å². The van der Waals surface area contributed by atoms with Crippen molar-refractivity contribution in [3.63, 3.8) is 0 Å². The standard InChI is InChI=1S/C16H20FN3/c1-19-6-4-12-5-7-20(16(12)11-19)10-14-8-15(17)3-2-13(14)9-18/h2-3,8,12,16H,4-7,10-11H2,1H3/t12-,16-/m0/s1. The summed E-state index contributed by atoms with van der Waals surface area (Å²) in [5.41, 5.74) is 1.42. The first-order valence-corrected chi connectivity index (χ1v) is 7.28. The number of benzene rings is 1. The maximum atomic E-state index is 13.4. The first-order chi connectivity index (χ1) is 9.67. The van der Waals surface area contributed by atoms with E-state index in [0.29, 0.717) is 18.2 Å². The van der Waals surface area contributed by atoms with Gasteiger partial charge >= 0.3 is 0 Å². The second kappa shape index (κ2) is 5.51. The summed E-state index contributed by atoms with van der Waals surface area (Å²) in [7, 11) is 2.16. The van der Waals surface area contributed by atoms with Crippen LogP contribution in [0.4, 0.5) is 4.39 Å². The first-order valence-electron chi connectivity index (χ1n) is 7.28. The third-order valence-electron chi connectivity index (χ3n) is 4.74. The molecule has 0 bridgehead atoms. The van der Waals surface area contributed by atoms with Crippen molar-refractivity contribution < 1.29 is 4.39 Å². The van der Waals surface area contributed by atoms with Crippen LogP contribution in [0, 0.1) is 23.1 Å². The number of nitrogens with zero attached hydrogens (tertiary/aromatic N) is 3. The number of fused-ring (bicyclic) bond motifs is 1. The third kappa shape index (κ3) is 2.56. The molecule has 0 spiro atoms. The average molecular weight is 273 g/mol. The van der Waals surface area contributed by atoms with Crippen LogP contribution in [0.2, 0.25) is 0 Å². The van der Waals surface area contributed by atoms with Gasteiger partial charge in [0.25, 0.3) is 0 Å². The maximum absolute atomic E-state index is 13.4. The van der Waals surface area contributed by atoms with Crippen LogP contribution in [0.25, 0.3) is 0 Å². The van der Waals surface area contributed by atoms with Crippen LogP contribution in [-0.4, -0.2) is 42.5 Å². The Bertz CT molecular complexity index is 537. The zero-order valence-corrected chi connectivity index (χ0v) is 11.8. The molecule has 2 aliphatic rings. The van der Waals surface area contributed by atoms with Gasteiger partial charge < -0.3 is 4.90 Å². The fourth-order valence-electron chi connectivity index (χ4n) is 3.60. The Labute approximate surface area is 119 Å². The maximum Gasteiger partial charge on any atom is 0.123 e. The Hall–Kier alpha value is -1.44. The summed E-state index contributed by atoms with van der Waals surface area (Å²) in [5.74, 6) is 0.515. The van der Waals surface area contributed by atoms with Crippen molar-refractivity contribution in [2.24, 2.45) is 5.92 Å². The van der Waals surface area contributed by atoms with E-state index in [1.165, 1.54) is 31.5 Å². The minimum atomic E-state index is -0.254. The quantitative estimate of drug-likeness (QED) is 0.827. The predicted molar refractivity (Wildman–Crippen MR) is 75.5 cm³/mol. The highest BCUT2D eigenvalue weighted by Crippen LogP contribution is 2.32.